The van der Waals surface area contributed by atoms with Gasteiger partial charge in [0.05, 0.1) is 10.0 Å². The van der Waals surface area contributed by atoms with Crippen LogP contribution in [0.3, 0.4) is 0 Å². The Morgan fingerprint density at radius 1 is 0.458 bits per heavy atom. The summed E-state index contributed by atoms with van der Waals surface area (Å²) in [6, 6.07) is 25.6. The van der Waals surface area contributed by atoms with E-state index in [1.807, 2.05) is 12.1 Å². The van der Waals surface area contributed by atoms with Crippen LogP contribution in [0.5, 0.6) is 0 Å². The summed E-state index contributed by atoms with van der Waals surface area (Å²) in [4.78, 5) is 0. The minimum Gasteiger partial charge on any atom is -0.0827 e. The average molecular weight is 347 g/mol. The van der Waals surface area contributed by atoms with Crippen molar-refractivity contribution in [1.82, 2.24) is 0 Å². The third-order valence-electron chi connectivity index (χ3n) is 4.68. The number of hydrogen-bond acceptors (Lipinski definition) is 0. The Bertz CT molecular complexity index is 1270. The van der Waals surface area contributed by atoms with E-state index in [2.05, 4.69) is 60.7 Å². The summed E-state index contributed by atoms with van der Waals surface area (Å²) in [6.07, 6.45) is 0. The van der Waals surface area contributed by atoms with Gasteiger partial charge in [0.15, 0.2) is 0 Å². The molecule has 0 saturated carbocycles. The molecule has 0 spiro atoms. The molecule has 0 amide bonds. The first-order valence-electron chi connectivity index (χ1n) is 7.83. The maximum Gasteiger partial charge on any atom is 0.0670 e. The second-order valence-electron chi connectivity index (χ2n) is 6.18. The van der Waals surface area contributed by atoms with E-state index in [9.17, 15) is 0 Å². The molecule has 5 aromatic rings. The van der Waals surface area contributed by atoms with Crippen molar-refractivity contribution in [2.45, 2.75) is 0 Å². The first kappa shape index (κ1) is 14.1. The molecule has 0 nitrogen and oxygen atoms in total. The van der Waals surface area contributed by atoms with Gasteiger partial charge in [0.1, 0.15) is 0 Å². The highest BCUT2D eigenvalue weighted by molar-refractivity contribution is 6.45. The summed E-state index contributed by atoms with van der Waals surface area (Å²) in [5, 5.41) is 10.7. The van der Waals surface area contributed by atoms with Gasteiger partial charge in [-0.1, -0.05) is 53.5 Å². The Kier molecular flexibility index (Phi) is 3.00. The summed E-state index contributed by atoms with van der Waals surface area (Å²) in [5.41, 5.74) is 0. The summed E-state index contributed by atoms with van der Waals surface area (Å²) in [5.74, 6) is 0. The van der Waals surface area contributed by atoms with E-state index < -0.39 is 0 Å². The standard InChI is InChI=1S/C22H12Cl2/c23-21-6-5-15-9-18-10-16-7-13-3-1-2-4-14(13)8-17(16)11-19(18)12-20(15)22(21)24/h1-12H. The second kappa shape index (κ2) is 5.11. The van der Waals surface area contributed by atoms with Gasteiger partial charge < -0.3 is 0 Å². The van der Waals surface area contributed by atoms with Gasteiger partial charge in [0.2, 0.25) is 0 Å². The van der Waals surface area contributed by atoms with Crippen LogP contribution in [-0.4, -0.2) is 0 Å². The normalized spacial score (nSPS) is 11.8. The smallest absolute Gasteiger partial charge is 0.0670 e. The summed E-state index contributed by atoms with van der Waals surface area (Å²) < 4.78 is 0. The van der Waals surface area contributed by atoms with Gasteiger partial charge >= 0.3 is 0 Å². The fourth-order valence-corrected chi connectivity index (χ4v) is 3.85. The number of halogens is 2. The molecule has 0 aliphatic carbocycles. The van der Waals surface area contributed by atoms with E-state index in [0.29, 0.717) is 10.0 Å². The van der Waals surface area contributed by atoms with Crippen LogP contribution in [-0.2, 0) is 0 Å². The summed E-state index contributed by atoms with van der Waals surface area (Å²) in [7, 11) is 0. The Hall–Kier alpha value is -2.28. The molecule has 24 heavy (non-hydrogen) atoms. The van der Waals surface area contributed by atoms with Gasteiger partial charge in [0, 0.05) is 5.39 Å². The second-order valence-corrected chi connectivity index (χ2v) is 6.97. The minimum absolute atomic E-state index is 0.593. The Balaban J connectivity index is 1.91. The lowest BCUT2D eigenvalue weighted by Crippen LogP contribution is -1.81. The van der Waals surface area contributed by atoms with Gasteiger partial charge in [0.25, 0.3) is 0 Å². The molecule has 0 aliphatic rings. The van der Waals surface area contributed by atoms with Gasteiger partial charge in [-0.2, -0.15) is 0 Å². The first-order valence-corrected chi connectivity index (χ1v) is 8.59. The molecule has 0 fully saturated rings. The van der Waals surface area contributed by atoms with Crippen molar-refractivity contribution >= 4 is 66.3 Å². The molecule has 0 radical (unpaired) electrons. The molecular weight excluding hydrogens is 335 g/mol. The van der Waals surface area contributed by atoms with Crippen LogP contribution in [0.2, 0.25) is 10.0 Å². The minimum atomic E-state index is 0.593. The molecule has 0 saturated heterocycles. The van der Waals surface area contributed by atoms with E-state index in [4.69, 9.17) is 23.2 Å². The molecule has 5 rings (SSSR count). The van der Waals surface area contributed by atoms with Crippen LogP contribution in [0.25, 0.3) is 43.1 Å². The summed E-state index contributed by atoms with van der Waals surface area (Å²) in [6.45, 7) is 0. The lowest BCUT2D eigenvalue weighted by atomic mass is 9.97. The Morgan fingerprint density at radius 2 is 0.958 bits per heavy atom. The lowest BCUT2D eigenvalue weighted by molar-refractivity contribution is 1.77. The maximum atomic E-state index is 6.39. The monoisotopic (exact) mass is 346 g/mol. The molecule has 0 unspecified atom stereocenters. The number of benzene rings is 5. The molecule has 114 valence electrons. The fourth-order valence-electron chi connectivity index (χ4n) is 3.45. The zero-order valence-corrected chi connectivity index (χ0v) is 14.2. The van der Waals surface area contributed by atoms with Crippen LogP contribution < -0.4 is 0 Å². The number of hydrogen-bond donors (Lipinski definition) is 0. The third kappa shape index (κ3) is 2.07. The molecule has 0 atom stereocenters. The highest BCUT2D eigenvalue weighted by Crippen LogP contribution is 2.35. The number of rotatable bonds is 0. The van der Waals surface area contributed by atoms with Crippen molar-refractivity contribution < 1.29 is 0 Å². The van der Waals surface area contributed by atoms with Crippen LogP contribution in [0, 0.1) is 0 Å². The Morgan fingerprint density at radius 3 is 1.58 bits per heavy atom. The van der Waals surface area contributed by atoms with E-state index in [-0.39, 0.29) is 0 Å². The molecule has 2 heteroatoms. The highest BCUT2D eigenvalue weighted by atomic mass is 35.5. The van der Waals surface area contributed by atoms with E-state index >= 15 is 0 Å². The quantitative estimate of drug-likeness (QED) is 0.253. The first-order chi connectivity index (χ1) is 11.7. The van der Waals surface area contributed by atoms with Gasteiger partial charge in [-0.05, 0) is 80.2 Å². The molecule has 0 heterocycles. The molecule has 0 bridgehead atoms. The van der Waals surface area contributed by atoms with Crippen LogP contribution in [0.1, 0.15) is 0 Å². The predicted octanol–water partition coefficient (Wildman–Crippen LogP) is 7.61. The van der Waals surface area contributed by atoms with Crippen LogP contribution >= 0.6 is 23.2 Å². The molecule has 0 aromatic heterocycles. The lowest BCUT2D eigenvalue weighted by Gasteiger charge is -2.08. The van der Waals surface area contributed by atoms with E-state index in [1.165, 1.54) is 32.3 Å². The number of fused-ring (bicyclic) bond motifs is 4. The van der Waals surface area contributed by atoms with Crippen LogP contribution in [0.15, 0.2) is 72.8 Å². The summed E-state index contributed by atoms with van der Waals surface area (Å²) >= 11 is 12.6. The van der Waals surface area contributed by atoms with Crippen molar-refractivity contribution in [3.63, 3.8) is 0 Å². The fraction of sp³-hybridized carbons (Fsp3) is 0. The highest BCUT2D eigenvalue weighted by Gasteiger charge is 2.07. The van der Waals surface area contributed by atoms with Crippen molar-refractivity contribution in [2.75, 3.05) is 0 Å². The SMILES string of the molecule is Clc1ccc2cc3cc4cc5ccccc5cc4cc3cc2c1Cl. The zero-order valence-electron chi connectivity index (χ0n) is 12.7. The third-order valence-corrected chi connectivity index (χ3v) is 5.50. The van der Waals surface area contributed by atoms with Gasteiger partial charge in [-0.15, -0.1) is 0 Å². The maximum absolute atomic E-state index is 6.39. The molecular formula is C22H12Cl2. The molecule has 0 N–H and O–H groups in total. The molecule has 0 aliphatic heterocycles. The van der Waals surface area contributed by atoms with E-state index in [0.717, 1.165) is 10.8 Å². The largest absolute Gasteiger partial charge is 0.0827 e. The van der Waals surface area contributed by atoms with E-state index in [1.54, 1.807) is 0 Å². The zero-order chi connectivity index (χ0) is 16.3. The van der Waals surface area contributed by atoms with Gasteiger partial charge in [-0.3, -0.25) is 0 Å². The Labute approximate surface area is 149 Å². The average Bonchev–Trinajstić information content (AvgIpc) is 2.60. The topological polar surface area (TPSA) is 0 Å². The van der Waals surface area contributed by atoms with Crippen molar-refractivity contribution in [3.05, 3.63) is 82.8 Å². The molecule has 5 aromatic carbocycles. The van der Waals surface area contributed by atoms with Gasteiger partial charge in [-0.25, -0.2) is 0 Å². The predicted molar refractivity (Wildman–Crippen MR) is 106 cm³/mol. The van der Waals surface area contributed by atoms with Crippen molar-refractivity contribution in [1.29, 1.82) is 0 Å². The van der Waals surface area contributed by atoms with Crippen molar-refractivity contribution in [2.24, 2.45) is 0 Å². The van der Waals surface area contributed by atoms with Crippen LogP contribution in [0.4, 0.5) is 0 Å². The van der Waals surface area contributed by atoms with Crippen molar-refractivity contribution in [3.8, 4) is 0 Å².